The molecule has 0 aromatic rings. The van der Waals surface area contributed by atoms with E-state index in [0.717, 1.165) is 51.4 Å². The van der Waals surface area contributed by atoms with E-state index >= 15 is 0 Å². The number of hydrogen-bond acceptors (Lipinski definition) is 3. The Balaban J connectivity index is 1.62. The van der Waals surface area contributed by atoms with E-state index in [1.807, 2.05) is 13.0 Å². The molecule has 0 amide bonds. The molecule has 0 aliphatic heterocycles. The van der Waals surface area contributed by atoms with Gasteiger partial charge in [-0.1, -0.05) is 47.1 Å². The van der Waals surface area contributed by atoms with E-state index < -0.39 is 11.4 Å². The molecule has 0 radical (unpaired) electrons. The zero-order valence-electron chi connectivity index (χ0n) is 22.5. The molecule has 4 nitrogen and oxygen atoms in total. The number of carboxylic acid groups (broad SMARTS) is 1. The van der Waals surface area contributed by atoms with Gasteiger partial charge in [-0.2, -0.15) is 0 Å². The fourth-order valence-corrected chi connectivity index (χ4v) is 10.4. The number of carbonyl (C=O) groups excluding carboxylic acids is 1. The van der Waals surface area contributed by atoms with E-state index in [4.69, 9.17) is 0 Å². The van der Waals surface area contributed by atoms with Gasteiger partial charge in [0.2, 0.25) is 0 Å². The Bertz CT molecular complexity index is 965. The molecular formula is C30H46O4. The van der Waals surface area contributed by atoms with Gasteiger partial charge in [0.25, 0.3) is 0 Å². The van der Waals surface area contributed by atoms with Gasteiger partial charge < -0.3 is 10.2 Å². The highest BCUT2D eigenvalue weighted by atomic mass is 16.4. The van der Waals surface area contributed by atoms with Gasteiger partial charge >= 0.3 is 5.97 Å². The maximum Gasteiger partial charge on any atom is 0.309 e. The van der Waals surface area contributed by atoms with Crippen molar-refractivity contribution >= 4 is 11.8 Å². The lowest BCUT2D eigenvalue weighted by atomic mass is 9.33. The highest BCUT2D eigenvalue weighted by Gasteiger charge is 2.70. The van der Waals surface area contributed by atoms with Gasteiger partial charge in [-0.15, -0.1) is 0 Å². The molecule has 4 fully saturated rings. The number of carboxylic acids is 1. The van der Waals surface area contributed by atoms with Crippen LogP contribution in [0.25, 0.3) is 0 Å². The van der Waals surface area contributed by atoms with Crippen LogP contribution in [0, 0.1) is 50.2 Å². The van der Waals surface area contributed by atoms with Crippen molar-refractivity contribution in [2.45, 2.75) is 112 Å². The molecule has 0 aromatic carbocycles. The summed E-state index contributed by atoms with van der Waals surface area (Å²) in [7, 11) is 0. The van der Waals surface area contributed by atoms with Crippen molar-refractivity contribution in [1.82, 2.24) is 0 Å². The normalized spacial score (nSPS) is 54.1. The number of carbonyl (C=O) groups is 2. The van der Waals surface area contributed by atoms with Crippen LogP contribution in [0.4, 0.5) is 0 Å². The van der Waals surface area contributed by atoms with Gasteiger partial charge in [-0.25, -0.2) is 0 Å². The maximum atomic E-state index is 14.2. The molecule has 0 aromatic heterocycles. The van der Waals surface area contributed by atoms with Crippen molar-refractivity contribution in [2.75, 3.05) is 0 Å². The fourth-order valence-electron chi connectivity index (χ4n) is 10.4. The molecule has 190 valence electrons. The lowest BCUT2D eigenvalue weighted by Crippen LogP contribution is -2.66. The second-order valence-corrected chi connectivity index (χ2v) is 14.9. The standard InChI is InChI=1S/C30H46O4/c1-25(2)21-8-11-30(7)23(28(21,5)10-9-22(25)32)20(31)16-18-19-17-27(4,24(33)34)13-12-26(19,3)14-15-29(18,30)6/h16,19,21-23,32H,8-15,17H2,1-7H3,(H,33,34)/t19-,21?,22?,23?,26?,27-,28?,29+,30?/m0/s1. The molecule has 4 saturated carbocycles. The van der Waals surface area contributed by atoms with Crippen molar-refractivity contribution in [3.8, 4) is 0 Å². The lowest BCUT2D eigenvalue weighted by Gasteiger charge is -2.70. The second-order valence-electron chi connectivity index (χ2n) is 14.9. The SMILES string of the molecule is CC1(C)C(O)CCC2(C)C1CCC1(C)C2C(=O)C=C2[C@@H]3C[C@@](C)(C(=O)O)CCC3(C)CC[C@]21C. The topological polar surface area (TPSA) is 74.6 Å². The zero-order chi connectivity index (χ0) is 25.1. The minimum atomic E-state index is -0.711. The molecule has 0 saturated heterocycles. The second kappa shape index (κ2) is 6.99. The number of allylic oxidation sites excluding steroid dienone is 2. The van der Waals surface area contributed by atoms with E-state index in [9.17, 15) is 19.8 Å². The van der Waals surface area contributed by atoms with Gasteiger partial charge in [0.15, 0.2) is 5.78 Å². The Labute approximate surface area is 206 Å². The third kappa shape index (κ3) is 2.81. The molecule has 34 heavy (non-hydrogen) atoms. The molecule has 9 atom stereocenters. The average molecular weight is 471 g/mol. The summed E-state index contributed by atoms with van der Waals surface area (Å²) in [6.07, 6.45) is 9.95. The summed E-state index contributed by atoms with van der Waals surface area (Å²) in [6, 6.07) is 0. The van der Waals surface area contributed by atoms with Crippen molar-refractivity contribution in [2.24, 2.45) is 50.2 Å². The summed E-state index contributed by atoms with van der Waals surface area (Å²) in [6.45, 7) is 15.8. The average Bonchev–Trinajstić information content (AvgIpc) is 2.73. The largest absolute Gasteiger partial charge is 0.481 e. The van der Waals surface area contributed by atoms with Crippen molar-refractivity contribution in [3.63, 3.8) is 0 Å². The zero-order valence-corrected chi connectivity index (χ0v) is 22.5. The monoisotopic (exact) mass is 470 g/mol. The Kier molecular flexibility index (Phi) is 5.04. The molecule has 0 spiro atoms. The fraction of sp³-hybridized carbons (Fsp3) is 0.867. The van der Waals surface area contributed by atoms with Crippen LogP contribution in [0.3, 0.4) is 0 Å². The first-order chi connectivity index (χ1) is 15.6. The summed E-state index contributed by atoms with van der Waals surface area (Å²) in [4.78, 5) is 26.4. The number of aliphatic hydroxyl groups excluding tert-OH is 1. The molecular weight excluding hydrogens is 424 g/mol. The highest BCUT2D eigenvalue weighted by Crippen LogP contribution is 2.75. The van der Waals surface area contributed by atoms with Crippen LogP contribution in [-0.4, -0.2) is 28.1 Å². The first kappa shape index (κ1) is 24.5. The number of aliphatic hydroxyl groups is 1. The van der Waals surface area contributed by atoms with Crippen LogP contribution in [0.5, 0.6) is 0 Å². The van der Waals surface area contributed by atoms with Gasteiger partial charge in [0, 0.05) is 5.92 Å². The van der Waals surface area contributed by atoms with Crippen LogP contribution in [-0.2, 0) is 9.59 Å². The number of ketones is 1. The molecule has 2 N–H and O–H groups in total. The van der Waals surface area contributed by atoms with Gasteiger partial charge in [-0.3, -0.25) is 9.59 Å². The molecule has 4 heteroatoms. The first-order valence-electron chi connectivity index (χ1n) is 13.7. The van der Waals surface area contributed by atoms with E-state index in [2.05, 4.69) is 41.5 Å². The van der Waals surface area contributed by atoms with Crippen molar-refractivity contribution in [1.29, 1.82) is 0 Å². The summed E-state index contributed by atoms with van der Waals surface area (Å²) < 4.78 is 0. The highest BCUT2D eigenvalue weighted by molar-refractivity contribution is 5.95. The van der Waals surface area contributed by atoms with Gasteiger partial charge in [0.1, 0.15) is 0 Å². The number of fused-ring (bicyclic) bond motifs is 7. The van der Waals surface area contributed by atoms with Crippen LogP contribution in [0.1, 0.15) is 106 Å². The number of hydrogen-bond donors (Lipinski definition) is 2. The van der Waals surface area contributed by atoms with E-state index in [1.54, 1.807) is 0 Å². The summed E-state index contributed by atoms with van der Waals surface area (Å²) >= 11 is 0. The van der Waals surface area contributed by atoms with Crippen molar-refractivity contribution in [3.05, 3.63) is 11.6 Å². The predicted molar refractivity (Wildman–Crippen MR) is 133 cm³/mol. The third-order valence-electron chi connectivity index (χ3n) is 13.1. The lowest BCUT2D eigenvalue weighted by molar-refractivity contribution is -0.202. The Morgan fingerprint density at radius 2 is 1.56 bits per heavy atom. The van der Waals surface area contributed by atoms with Crippen molar-refractivity contribution < 1.29 is 19.8 Å². The summed E-state index contributed by atoms with van der Waals surface area (Å²) in [5.74, 6) is 0.0603. The number of aliphatic carboxylic acids is 1. The van der Waals surface area contributed by atoms with Gasteiger partial charge in [-0.05, 0) is 110 Å². The molecule has 5 aliphatic carbocycles. The van der Waals surface area contributed by atoms with E-state index in [-0.39, 0.29) is 50.8 Å². The molecule has 0 heterocycles. The molecule has 6 unspecified atom stereocenters. The van der Waals surface area contributed by atoms with Crippen LogP contribution in [0.15, 0.2) is 11.6 Å². The Morgan fingerprint density at radius 3 is 2.21 bits per heavy atom. The Hall–Kier alpha value is -1.16. The Morgan fingerprint density at radius 1 is 0.912 bits per heavy atom. The van der Waals surface area contributed by atoms with E-state index in [0.29, 0.717) is 12.3 Å². The molecule has 5 rings (SSSR count). The molecule has 5 aliphatic rings. The summed E-state index contributed by atoms with van der Waals surface area (Å²) in [5, 5.41) is 20.9. The summed E-state index contributed by atoms with van der Waals surface area (Å²) in [5.41, 5.74) is 0.142. The van der Waals surface area contributed by atoms with Crippen LogP contribution in [0.2, 0.25) is 0 Å². The van der Waals surface area contributed by atoms with Crippen LogP contribution >= 0.6 is 0 Å². The number of rotatable bonds is 1. The van der Waals surface area contributed by atoms with E-state index in [1.165, 1.54) is 5.57 Å². The third-order valence-corrected chi connectivity index (χ3v) is 13.1. The first-order valence-corrected chi connectivity index (χ1v) is 13.7. The smallest absolute Gasteiger partial charge is 0.309 e. The van der Waals surface area contributed by atoms with Crippen LogP contribution < -0.4 is 0 Å². The maximum absolute atomic E-state index is 14.2. The quantitative estimate of drug-likeness (QED) is 0.464. The molecule has 0 bridgehead atoms. The predicted octanol–water partition coefficient (Wildman–Crippen LogP) is 6.41. The minimum absolute atomic E-state index is 0.0296. The van der Waals surface area contributed by atoms with Gasteiger partial charge in [0.05, 0.1) is 11.5 Å². The minimum Gasteiger partial charge on any atom is -0.481 e.